The highest BCUT2D eigenvalue weighted by Gasteiger charge is 2.06. The van der Waals surface area contributed by atoms with E-state index in [1.807, 2.05) is 18.2 Å². The minimum absolute atomic E-state index is 0.343. The zero-order chi connectivity index (χ0) is 8.97. The summed E-state index contributed by atoms with van der Waals surface area (Å²) in [6, 6.07) is 9.06. The monoisotopic (exact) mass is 162 g/mol. The standard InChI is InChI=1S/C10H10O2/c1-2-9(10(11)12)8-6-4-3-5-7-8/h2-7H,1H3,(H,11,12)/b9-2+. The number of carboxylic acid groups (broad SMARTS) is 1. The van der Waals surface area contributed by atoms with Crippen molar-refractivity contribution in [1.82, 2.24) is 0 Å². The Morgan fingerprint density at radius 3 is 2.33 bits per heavy atom. The van der Waals surface area contributed by atoms with Crippen LogP contribution in [0, 0.1) is 0 Å². The Morgan fingerprint density at radius 1 is 1.33 bits per heavy atom. The molecule has 1 N–H and O–H groups in total. The maximum atomic E-state index is 10.7. The number of carboxylic acids is 1. The van der Waals surface area contributed by atoms with Crippen molar-refractivity contribution in [3.63, 3.8) is 0 Å². The number of rotatable bonds is 2. The highest BCUT2D eigenvalue weighted by Crippen LogP contribution is 2.13. The molecule has 0 aromatic heterocycles. The predicted octanol–water partition coefficient (Wildman–Crippen LogP) is 2.17. The number of carbonyl (C=O) groups is 1. The van der Waals surface area contributed by atoms with Gasteiger partial charge in [0.2, 0.25) is 0 Å². The predicted molar refractivity (Wildman–Crippen MR) is 47.7 cm³/mol. The molecule has 1 rings (SSSR count). The summed E-state index contributed by atoms with van der Waals surface area (Å²) >= 11 is 0. The van der Waals surface area contributed by atoms with E-state index >= 15 is 0 Å². The van der Waals surface area contributed by atoms with E-state index in [4.69, 9.17) is 5.11 Å². The van der Waals surface area contributed by atoms with E-state index in [1.54, 1.807) is 25.1 Å². The van der Waals surface area contributed by atoms with Crippen molar-refractivity contribution in [2.45, 2.75) is 6.92 Å². The van der Waals surface area contributed by atoms with Crippen LogP contribution in [0.1, 0.15) is 12.5 Å². The zero-order valence-electron chi connectivity index (χ0n) is 6.82. The van der Waals surface area contributed by atoms with Crippen LogP contribution in [0.25, 0.3) is 5.57 Å². The molecule has 0 unspecified atom stereocenters. The van der Waals surface area contributed by atoms with Gasteiger partial charge in [0, 0.05) is 0 Å². The first-order chi connectivity index (χ1) is 5.75. The van der Waals surface area contributed by atoms with Crippen molar-refractivity contribution in [3.8, 4) is 0 Å². The third-order valence-electron chi connectivity index (χ3n) is 1.60. The van der Waals surface area contributed by atoms with Gasteiger partial charge in [0.25, 0.3) is 0 Å². The van der Waals surface area contributed by atoms with Gasteiger partial charge < -0.3 is 5.11 Å². The van der Waals surface area contributed by atoms with E-state index in [0.29, 0.717) is 5.57 Å². The topological polar surface area (TPSA) is 37.3 Å². The molecule has 1 aromatic rings. The smallest absolute Gasteiger partial charge is 0.335 e. The van der Waals surface area contributed by atoms with E-state index in [9.17, 15) is 4.79 Å². The van der Waals surface area contributed by atoms with Crippen LogP contribution in [-0.4, -0.2) is 11.1 Å². The van der Waals surface area contributed by atoms with Gasteiger partial charge in [-0.05, 0) is 12.5 Å². The van der Waals surface area contributed by atoms with Crippen LogP contribution in [0.2, 0.25) is 0 Å². The molecule has 0 aliphatic carbocycles. The Labute approximate surface area is 71.2 Å². The van der Waals surface area contributed by atoms with Gasteiger partial charge in [-0.2, -0.15) is 0 Å². The first kappa shape index (κ1) is 8.53. The molecular formula is C10H10O2. The average Bonchev–Trinajstić information content (AvgIpc) is 2.07. The Balaban J connectivity index is 3.05. The van der Waals surface area contributed by atoms with Crippen LogP contribution in [-0.2, 0) is 4.79 Å². The third-order valence-corrected chi connectivity index (χ3v) is 1.60. The molecule has 1 aromatic carbocycles. The maximum Gasteiger partial charge on any atom is 0.335 e. The van der Waals surface area contributed by atoms with E-state index in [0.717, 1.165) is 5.56 Å². The van der Waals surface area contributed by atoms with Crippen molar-refractivity contribution < 1.29 is 9.90 Å². The van der Waals surface area contributed by atoms with Gasteiger partial charge in [-0.15, -0.1) is 0 Å². The van der Waals surface area contributed by atoms with Crippen LogP contribution >= 0.6 is 0 Å². The minimum atomic E-state index is -0.885. The lowest BCUT2D eigenvalue weighted by molar-refractivity contribution is -0.130. The minimum Gasteiger partial charge on any atom is -0.478 e. The average molecular weight is 162 g/mol. The van der Waals surface area contributed by atoms with Crippen molar-refractivity contribution in [2.24, 2.45) is 0 Å². The summed E-state index contributed by atoms with van der Waals surface area (Å²) in [6.45, 7) is 1.72. The molecule has 0 spiro atoms. The quantitative estimate of drug-likeness (QED) is 0.676. The molecule has 2 nitrogen and oxygen atoms in total. The van der Waals surface area contributed by atoms with Crippen molar-refractivity contribution in [2.75, 3.05) is 0 Å². The second-order valence-corrected chi connectivity index (χ2v) is 2.37. The second-order valence-electron chi connectivity index (χ2n) is 2.37. The van der Waals surface area contributed by atoms with E-state index in [1.165, 1.54) is 0 Å². The summed E-state index contributed by atoms with van der Waals surface area (Å²) in [4.78, 5) is 10.7. The Kier molecular flexibility index (Phi) is 2.64. The summed E-state index contributed by atoms with van der Waals surface area (Å²) in [6.07, 6.45) is 1.59. The van der Waals surface area contributed by atoms with Crippen molar-refractivity contribution in [3.05, 3.63) is 42.0 Å². The van der Waals surface area contributed by atoms with Gasteiger partial charge in [-0.25, -0.2) is 4.79 Å². The summed E-state index contributed by atoms with van der Waals surface area (Å²) < 4.78 is 0. The number of hydrogen-bond acceptors (Lipinski definition) is 1. The van der Waals surface area contributed by atoms with E-state index < -0.39 is 5.97 Å². The van der Waals surface area contributed by atoms with Crippen molar-refractivity contribution in [1.29, 1.82) is 0 Å². The molecule has 0 aliphatic heterocycles. The largest absolute Gasteiger partial charge is 0.478 e. The number of benzene rings is 1. The highest BCUT2D eigenvalue weighted by atomic mass is 16.4. The first-order valence-corrected chi connectivity index (χ1v) is 3.70. The molecule has 62 valence electrons. The van der Waals surface area contributed by atoms with Gasteiger partial charge in [0.1, 0.15) is 0 Å². The fraction of sp³-hybridized carbons (Fsp3) is 0.100. The molecule has 0 saturated carbocycles. The fourth-order valence-corrected chi connectivity index (χ4v) is 1.03. The molecule has 0 amide bonds. The lowest BCUT2D eigenvalue weighted by Crippen LogP contribution is -1.98. The van der Waals surface area contributed by atoms with E-state index in [2.05, 4.69) is 0 Å². The maximum absolute atomic E-state index is 10.7. The second kappa shape index (κ2) is 3.72. The molecule has 12 heavy (non-hydrogen) atoms. The van der Waals surface area contributed by atoms with Crippen LogP contribution in [0.3, 0.4) is 0 Å². The van der Waals surface area contributed by atoms with Crippen LogP contribution < -0.4 is 0 Å². The summed E-state index contributed by atoms with van der Waals surface area (Å²) in [5.41, 5.74) is 1.09. The van der Waals surface area contributed by atoms with Gasteiger partial charge in [-0.1, -0.05) is 36.4 Å². The van der Waals surface area contributed by atoms with Crippen molar-refractivity contribution >= 4 is 11.5 Å². The molecular weight excluding hydrogens is 152 g/mol. The fourth-order valence-electron chi connectivity index (χ4n) is 1.03. The van der Waals surface area contributed by atoms with Gasteiger partial charge >= 0.3 is 5.97 Å². The van der Waals surface area contributed by atoms with Crippen LogP contribution in [0.15, 0.2) is 36.4 Å². The van der Waals surface area contributed by atoms with Crippen LogP contribution in [0.5, 0.6) is 0 Å². The molecule has 0 fully saturated rings. The molecule has 0 atom stereocenters. The van der Waals surface area contributed by atoms with Gasteiger partial charge in [0.15, 0.2) is 0 Å². The molecule has 0 aliphatic rings. The zero-order valence-corrected chi connectivity index (χ0v) is 6.82. The molecule has 0 heterocycles. The van der Waals surface area contributed by atoms with Gasteiger partial charge in [0.05, 0.1) is 5.57 Å². The highest BCUT2D eigenvalue weighted by molar-refractivity contribution is 6.15. The SMILES string of the molecule is C/C=C(/C(=O)O)c1ccccc1. The lowest BCUT2D eigenvalue weighted by atomic mass is 10.1. The number of hydrogen-bond donors (Lipinski definition) is 1. The Bertz CT molecular complexity index is 299. The normalized spacial score (nSPS) is 11.2. The molecule has 0 bridgehead atoms. The van der Waals surface area contributed by atoms with Gasteiger partial charge in [-0.3, -0.25) is 0 Å². The Hall–Kier alpha value is -1.57. The van der Waals surface area contributed by atoms with Crippen LogP contribution in [0.4, 0.5) is 0 Å². The summed E-state index contributed by atoms with van der Waals surface area (Å²) in [5, 5.41) is 8.76. The molecule has 0 saturated heterocycles. The molecule has 0 radical (unpaired) electrons. The summed E-state index contributed by atoms with van der Waals surface area (Å²) in [5.74, 6) is -0.885. The van der Waals surface area contributed by atoms with E-state index in [-0.39, 0.29) is 0 Å². The first-order valence-electron chi connectivity index (χ1n) is 3.70. The number of aliphatic carboxylic acids is 1. The lowest BCUT2D eigenvalue weighted by Gasteiger charge is -1.99. The Morgan fingerprint density at radius 2 is 1.92 bits per heavy atom. The number of allylic oxidation sites excluding steroid dienone is 1. The molecule has 2 heteroatoms. The third kappa shape index (κ3) is 1.72. The summed E-state index contributed by atoms with van der Waals surface area (Å²) in [7, 11) is 0.